The Morgan fingerprint density at radius 3 is 2.29 bits per heavy atom. The second-order valence-electron chi connectivity index (χ2n) is 4.56. The van der Waals surface area contributed by atoms with Crippen LogP contribution < -0.4 is 4.90 Å². The number of hydrogen-bond donors (Lipinski definition) is 0. The Morgan fingerprint density at radius 1 is 1.06 bits per heavy atom. The molecule has 1 saturated heterocycles. The summed E-state index contributed by atoms with van der Waals surface area (Å²) in [6, 6.07) is 8.89. The largest absolute Gasteiger partial charge is 0.369 e. The molecule has 17 heavy (non-hydrogen) atoms. The average molecular weight is 250 g/mol. The van der Waals surface area contributed by atoms with Crippen molar-refractivity contribution in [3.05, 3.63) is 29.8 Å². The topological polar surface area (TPSA) is 6.48 Å². The van der Waals surface area contributed by atoms with E-state index in [2.05, 4.69) is 47.9 Å². The minimum absolute atomic E-state index is 1.16. The third-order valence-corrected chi connectivity index (χ3v) is 4.21. The maximum absolute atomic E-state index is 2.55. The van der Waals surface area contributed by atoms with Crippen molar-refractivity contribution in [2.45, 2.75) is 13.8 Å². The molecule has 94 valence electrons. The minimum atomic E-state index is 1.16. The molecule has 0 radical (unpaired) electrons. The van der Waals surface area contributed by atoms with Crippen LogP contribution in [-0.2, 0) is 0 Å². The summed E-state index contributed by atoms with van der Waals surface area (Å²) in [4.78, 5) is 5.05. The van der Waals surface area contributed by atoms with E-state index in [1.807, 2.05) is 11.8 Å². The summed E-state index contributed by atoms with van der Waals surface area (Å²) in [5.41, 5.74) is 2.71. The van der Waals surface area contributed by atoms with Gasteiger partial charge in [0, 0.05) is 37.7 Å². The molecular weight excluding hydrogens is 228 g/mol. The van der Waals surface area contributed by atoms with Gasteiger partial charge in [0.15, 0.2) is 0 Å². The molecule has 0 spiro atoms. The molecule has 0 saturated carbocycles. The first kappa shape index (κ1) is 12.8. The number of piperazine rings is 1. The van der Waals surface area contributed by atoms with Crippen LogP contribution in [0.2, 0.25) is 0 Å². The van der Waals surface area contributed by atoms with Crippen LogP contribution in [0, 0.1) is 6.92 Å². The Balaban J connectivity index is 1.84. The number of hydrogen-bond acceptors (Lipinski definition) is 3. The second-order valence-corrected chi connectivity index (χ2v) is 5.81. The van der Waals surface area contributed by atoms with Crippen molar-refractivity contribution < 1.29 is 0 Å². The van der Waals surface area contributed by atoms with Crippen molar-refractivity contribution >= 4 is 17.4 Å². The van der Waals surface area contributed by atoms with Crippen LogP contribution >= 0.6 is 11.8 Å². The van der Waals surface area contributed by atoms with Crippen LogP contribution in [0.15, 0.2) is 24.3 Å². The fourth-order valence-electron chi connectivity index (χ4n) is 2.11. The molecule has 1 fully saturated rings. The van der Waals surface area contributed by atoms with E-state index in [4.69, 9.17) is 0 Å². The van der Waals surface area contributed by atoms with Crippen LogP contribution in [0.25, 0.3) is 0 Å². The molecule has 0 amide bonds. The predicted octanol–water partition coefficient (Wildman–Crippen LogP) is 2.83. The first-order chi connectivity index (χ1) is 8.29. The van der Waals surface area contributed by atoms with Crippen molar-refractivity contribution in [2.24, 2.45) is 0 Å². The number of anilines is 1. The van der Waals surface area contributed by atoms with E-state index in [0.29, 0.717) is 0 Å². The van der Waals surface area contributed by atoms with Crippen LogP contribution in [-0.4, -0.2) is 42.7 Å². The second kappa shape index (κ2) is 6.31. The van der Waals surface area contributed by atoms with Crippen molar-refractivity contribution in [1.82, 2.24) is 4.90 Å². The standard InChI is InChI=1S/C14H22N2S/c1-3-17-12-15-8-10-16(11-9-15)14-6-4-13(2)5-7-14/h4-7H,3,8-12H2,1-2H3. The van der Waals surface area contributed by atoms with E-state index < -0.39 is 0 Å². The zero-order chi connectivity index (χ0) is 12.1. The Morgan fingerprint density at radius 2 is 1.71 bits per heavy atom. The number of aryl methyl sites for hydroxylation is 1. The van der Waals surface area contributed by atoms with Gasteiger partial charge in [0.1, 0.15) is 0 Å². The normalized spacial score (nSPS) is 17.4. The third kappa shape index (κ3) is 3.65. The molecule has 1 aliphatic heterocycles. The highest BCUT2D eigenvalue weighted by molar-refractivity contribution is 7.99. The van der Waals surface area contributed by atoms with Crippen LogP contribution in [0.5, 0.6) is 0 Å². The Hall–Kier alpha value is -0.670. The Kier molecular flexibility index (Phi) is 4.75. The highest BCUT2D eigenvalue weighted by atomic mass is 32.2. The molecule has 1 heterocycles. The van der Waals surface area contributed by atoms with Crippen molar-refractivity contribution in [3.63, 3.8) is 0 Å². The summed E-state index contributed by atoms with van der Waals surface area (Å²) >= 11 is 2.02. The number of thioether (sulfide) groups is 1. The maximum Gasteiger partial charge on any atom is 0.0445 e. The van der Waals surface area contributed by atoms with Gasteiger partial charge in [-0.15, -0.1) is 11.8 Å². The van der Waals surface area contributed by atoms with E-state index in [-0.39, 0.29) is 0 Å². The molecule has 2 rings (SSSR count). The first-order valence-corrected chi connectivity index (χ1v) is 7.57. The van der Waals surface area contributed by atoms with E-state index >= 15 is 0 Å². The molecule has 1 aliphatic rings. The van der Waals surface area contributed by atoms with Gasteiger partial charge in [0.2, 0.25) is 0 Å². The van der Waals surface area contributed by atoms with Gasteiger partial charge in [-0.1, -0.05) is 24.6 Å². The summed E-state index contributed by atoms with van der Waals surface area (Å²) in [6.07, 6.45) is 0. The van der Waals surface area contributed by atoms with Gasteiger partial charge in [-0.3, -0.25) is 4.90 Å². The Bertz CT molecular complexity index is 329. The van der Waals surface area contributed by atoms with Crippen LogP contribution in [0.4, 0.5) is 5.69 Å². The fraction of sp³-hybridized carbons (Fsp3) is 0.571. The summed E-state index contributed by atoms with van der Waals surface area (Å²) in [7, 11) is 0. The molecule has 3 heteroatoms. The lowest BCUT2D eigenvalue weighted by atomic mass is 10.2. The zero-order valence-electron chi connectivity index (χ0n) is 10.9. The Labute approximate surface area is 109 Å². The quantitative estimate of drug-likeness (QED) is 0.811. The summed E-state index contributed by atoms with van der Waals surface area (Å²) in [5, 5.41) is 0. The molecule has 0 aromatic heterocycles. The van der Waals surface area contributed by atoms with E-state index in [1.54, 1.807) is 0 Å². The third-order valence-electron chi connectivity index (χ3n) is 3.25. The fourth-order valence-corrected chi connectivity index (χ4v) is 2.81. The van der Waals surface area contributed by atoms with E-state index in [1.165, 1.54) is 36.0 Å². The molecule has 1 aromatic rings. The first-order valence-electron chi connectivity index (χ1n) is 6.41. The predicted molar refractivity (Wildman–Crippen MR) is 78.0 cm³/mol. The van der Waals surface area contributed by atoms with E-state index in [9.17, 15) is 0 Å². The summed E-state index contributed by atoms with van der Waals surface area (Å²) in [6.45, 7) is 9.08. The summed E-state index contributed by atoms with van der Waals surface area (Å²) in [5.74, 6) is 2.41. The lowest BCUT2D eigenvalue weighted by Crippen LogP contribution is -2.46. The molecule has 0 N–H and O–H groups in total. The molecular formula is C14H22N2S. The molecule has 0 atom stereocenters. The SMILES string of the molecule is CCSCN1CCN(c2ccc(C)cc2)CC1. The zero-order valence-corrected chi connectivity index (χ0v) is 11.7. The van der Waals surface area contributed by atoms with Crippen LogP contribution in [0.1, 0.15) is 12.5 Å². The number of rotatable bonds is 4. The molecule has 0 aliphatic carbocycles. The summed E-state index contributed by atoms with van der Waals surface area (Å²) < 4.78 is 0. The van der Waals surface area contributed by atoms with Crippen molar-refractivity contribution in [1.29, 1.82) is 0 Å². The van der Waals surface area contributed by atoms with E-state index in [0.717, 1.165) is 13.1 Å². The molecule has 1 aromatic carbocycles. The number of benzene rings is 1. The average Bonchev–Trinajstić information content (AvgIpc) is 2.38. The van der Waals surface area contributed by atoms with Gasteiger partial charge >= 0.3 is 0 Å². The highest BCUT2D eigenvalue weighted by Crippen LogP contribution is 2.17. The smallest absolute Gasteiger partial charge is 0.0445 e. The van der Waals surface area contributed by atoms with Gasteiger partial charge in [-0.2, -0.15) is 0 Å². The van der Waals surface area contributed by atoms with Crippen molar-refractivity contribution in [2.75, 3.05) is 42.7 Å². The van der Waals surface area contributed by atoms with Gasteiger partial charge < -0.3 is 4.90 Å². The van der Waals surface area contributed by atoms with Crippen LogP contribution in [0.3, 0.4) is 0 Å². The molecule has 0 unspecified atom stereocenters. The molecule has 0 bridgehead atoms. The van der Waals surface area contributed by atoms with Gasteiger partial charge in [-0.05, 0) is 24.8 Å². The highest BCUT2D eigenvalue weighted by Gasteiger charge is 2.16. The monoisotopic (exact) mass is 250 g/mol. The van der Waals surface area contributed by atoms with Gasteiger partial charge in [0.25, 0.3) is 0 Å². The van der Waals surface area contributed by atoms with Gasteiger partial charge in [0.05, 0.1) is 0 Å². The minimum Gasteiger partial charge on any atom is -0.369 e. The lowest BCUT2D eigenvalue weighted by Gasteiger charge is -2.35. The van der Waals surface area contributed by atoms with Crippen molar-refractivity contribution in [3.8, 4) is 0 Å². The molecule has 2 nitrogen and oxygen atoms in total. The number of nitrogens with zero attached hydrogens (tertiary/aromatic N) is 2. The van der Waals surface area contributed by atoms with Gasteiger partial charge in [-0.25, -0.2) is 0 Å². The maximum atomic E-state index is 2.55. The lowest BCUT2D eigenvalue weighted by molar-refractivity contribution is 0.301.